The Labute approximate surface area is 240 Å². The van der Waals surface area contributed by atoms with E-state index in [2.05, 4.69) is 5.32 Å². The first kappa shape index (κ1) is 30.5. The standard InChI is InChI=1S/C29H33Cl2N3O4S/c1-19(2)32-29(36)22(5)33(17-23-7-6-8-24(30)15-23)28(35)18-34(27-16-25(31)12-11-21(27)4)39(37,38)26-13-9-20(3)10-14-26/h6-16,19,22H,17-18H2,1-5H3,(H,32,36). The van der Waals surface area contributed by atoms with Crippen LogP contribution in [0.25, 0.3) is 0 Å². The summed E-state index contributed by atoms with van der Waals surface area (Å²) in [5.41, 5.74) is 2.49. The van der Waals surface area contributed by atoms with E-state index in [-0.39, 0.29) is 29.1 Å². The number of aryl methyl sites for hydroxylation is 2. The van der Waals surface area contributed by atoms with Crippen molar-refractivity contribution in [1.82, 2.24) is 10.2 Å². The van der Waals surface area contributed by atoms with Crippen LogP contribution >= 0.6 is 23.2 Å². The Morgan fingerprint density at radius 2 is 1.54 bits per heavy atom. The topological polar surface area (TPSA) is 86.8 Å². The van der Waals surface area contributed by atoms with Crippen LogP contribution in [0.2, 0.25) is 10.0 Å². The maximum Gasteiger partial charge on any atom is 0.264 e. The molecular weight excluding hydrogens is 557 g/mol. The molecular formula is C29H33Cl2N3O4S. The highest BCUT2D eigenvalue weighted by atomic mass is 35.5. The summed E-state index contributed by atoms with van der Waals surface area (Å²) in [6.45, 7) is 8.38. The molecule has 0 saturated carbocycles. The van der Waals surface area contributed by atoms with Gasteiger partial charge in [0.05, 0.1) is 10.6 Å². The van der Waals surface area contributed by atoms with Crippen LogP contribution < -0.4 is 9.62 Å². The van der Waals surface area contributed by atoms with E-state index in [4.69, 9.17) is 23.2 Å². The minimum absolute atomic E-state index is 0.0345. The number of rotatable bonds is 10. The predicted molar refractivity (Wildman–Crippen MR) is 157 cm³/mol. The number of hydrogen-bond acceptors (Lipinski definition) is 4. The fourth-order valence-corrected chi connectivity index (χ4v) is 5.87. The van der Waals surface area contributed by atoms with Gasteiger partial charge in [-0.15, -0.1) is 0 Å². The molecule has 0 saturated heterocycles. The number of nitrogens with one attached hydrogen (secondary N) is 1. The maximum atomic E-state index is 14.0. The average Bonchev–Trinajstić information content (AvgIpc) is 2.86. The van der Waals surface area contributed by atoms with Crippen LogP contribution in [0.5, 0.6) is 0 Å². The fraction of sp³-hybridized carbons (Fsp3) is 0.310. The van der Waals surface area contributed by atoms with Gasteiger partial charge in [-0.1, -0.05) is 59.1 Å². The molecule has 3 aromatic carbocycles. The fourth-order valence-electron chi connectivity index (χ4n) is 4.02. The highest BCUT2D eigenvalue weighted by molar-refractivity contribution is 7.92. The molecule has 2 amide bonds. The maximum absolute atomic E-state index is 14.0. The van der Waals surface area contributed by atoms with Crippen molar-refractivity contribution in [1.29, 1.82) is 0 Å². The second-order valence-electron chi connectivity index (χ2n) is 9.75. The lowest BCUT2D eigenvalue weighted by Crippen LogP contribution is -2.52. The van der Waals surface area contributed by atoms with Gasteiger partial charge in [0.25, 0.3) is 10.0 Å². The number of amides is 2. The molecule has 7 nitrogen and oxygen atoms in total. The Morgan fingerprint density at radius 1 is 0.897 bits per heavy atom. The molecule has 0 spiro atoms. The Bertz CT molecular complexity index is 1440. The van der Waals surface area contributed by atoms with Crippen molar-refractivity contribution in [2.24, 2.45) is 0 Å². The van der Waals surface area contributed by atoms with Crippen molar-refractivity contribution in [3.63, 3.8) is 0 Å². The summed E-state index contributed by atoms with van der Waals surface area (Å²) in [4.78, 5) is 28.3. The predicted octanol–water partition coefficient (Wildman–Crippen LogP) is 5.75. The number of hydrogen-bond donors (Lipinski definition) is 1. The quantitative estimate of drug-likeness (QED) is 0.326. The number of benzene rings is 3. The Balaban J connectivity index is 2.08. The van der Waals surface area contributed by atoms with Crippen molar-refractivity contribution in [2.45, 2.75) is 58.1 Å². The summed E-state index contributed by atoms with van der Waals surface area (Å²) >= 11 is 12.4. The first-order chi connectivity index (χ1) is 18.3. The molecule has 0 aliphatic heterocycles. The van der Waals surface area contributed by atoms with Crippen LogP contribution in [-0.2, 0) is 26.2 Å². The molecule has 0 fully saturated rings. The molecule has 0 aliphatic rings. The number of nitrogens with zero attached hydrogens (tertiary/aromatic N) is 2. The van der Waals surface area contributed by atoms with Gasteiger partial charge < -0.3 is 10.2 Å². The second-order valence-corrected chi connectivity index (χ2v) is 12.5. The highest BCUT2D eigenvalue weighted by Gasteiger charge is 2.33. The van der Waals surface area contributed by atoms with Crippen LogP contribution in [0.3, 0.4) is 0 Å². The number of halogens is 2. The van der Waals surface area contributed by atoms with E-state index < -0.39 is 28.5 Å². The van der Waals surface area contributed by atoms with E-state index in [9.17, 15) is 18.0 Å². The smallest absolute Gasteiger partial charge is 0.264 e. The number of anilines is 1. The van der Waals surface area contributed by atoms with Crippen LogP contribution in [0.1, 0.15) is 37.5 Å². The van der Waals surface area contributed by atoms with Crippen LogP contribution in [0.4, 0.5) is 5.69 Å². The molecule has 0 bridgehead atoms. The summed E-state index contributed by atoms with van der Waals surface area (Å²) in [6.07, 6.45) is 0. The van der Waals surface area contributed by atoms with E-state index >= 15 is 0 Å². The molecule has 0 radical (unpaired) electrons. The SMILES string of the molecule is Cc1ccc(S(=O)(=O)N(CC(=O)N(Cc2cccc(Cl)c2)C(C)C(=O)NC(C)C)c2cc(Cl)ccc2C)cc1. The van der Waals surface area contributed by atoms with Crippen molar-refractivity contribution >= 4 is 50.7 Å². The van der Waals surface area contributed by atoms with E-state index in [1.165, 1.54) is 23.1 Å². The number of carbonyl (C=O) groups is 2. The zero-order chi connectivity index (χ0) is 28.9. The van der Waals surface area contributed by atoms with Gasteiger partial charge in [0.2, 0.25) is 11.8 Å². The second kappa shape index (κ2) is 12.9. The van der Waals surface area contributed by atoms with Crippen LogP contribution in [0, 0.1) is 13.8 Å². The molecule has 0 aliphatic carbocycles. The molecule has 208 valence electrons. The molecule has 10 heteroatoms. The van der Waals surface area contributed by atoms with E-state index in [0.29, 0.717) is 21.2 Å². The third-order valence-corrected chi connectivity index (χ3v) is 8.41. The van der Waals surface area contributed by atoms with E-state index in [0.717, 1.165) is 9.87 Å². The minimum atomic E-state index is -4.18. The monoisotopic (exact) mass is 589 g/mol. The highest BCUT2D eigenvalue weighted by Crippen LogP contribution is 2.30. The molecule has 1 atom stereocenters. The molecule has 39 heavy (non-hydrogen) atoms. The summed E-state index contributed by atoms with van der Waals surface area (Å²) in [5.74, 6) is -0.913. The van der Waals surface area contributed by atoms with Crippen molar-refractivity contribution in [3.8, 4) is 0 Å². The molecule has 3 rings (SSSR count). The van der Waals surface area contributed by atoms with Gasteiger partial charge in [-0.3, -0.25) is 13.9 Å². The van der Waals surface area contributed by atoms with E-state index in [1.807, 2.05) is 20.8 Å². The zero-order valence-corrected chi connectivity index (χ0v) is 24.9. The Kier molecular flexibility index (Phi) is 10.0. The Morgan fingerprint density at radius 3 is 2.15 bits per heavy atom. The first-order valence-electron chi connectivity index (χ1n) is 12.5. The third-order valence-electron chi connectivity index (χ3n) is 6.17. The van der Waals surface area contributed by atoms with Gasteiger partial charge in [-0.05, 0) is 82.1 Å². The van der Waals surface area contributed by atoms with Crippen molar-refractivity contribution in [3.05, 3.63) is 93.5 Å². The molecule has 0 heterocycles. The summed E-state index contributed by atoms with van der Waals surface area (Å²) in [5, 5.41) is 3.64. The van der Waals surface area contributed by atoms with Gasteiger partial charge >= 0.3 is 0 Å². The summed E-state index contributed by atoms with van der Waals surface area (Å²) < 4.78 is 28.9. The lowest BCUT2D eigenvalue weighted by Gasteiger charge is -2.32. The van der Waals surface area contributed by atoms with Gasteiger partial charge in [0.1, 0.15) is 12.6 Å². The summed E-state index contributed by atoms with van der Waals surface area (Å²) in [6, 6.07) is 17.2. The largest absolute Gasteiger partial charge is 0.352 e. The van der Waals surface area contributed by atoms with Crippen LogP contribution in [0.15, 0.2) is 71.6 Å². The third kappa shape index (κ3) is 7.75. The van der Waals surface area contributed by atoms with Crippen molar-refractivity contribution in [2.75, 3.05) is 10.8 Å². The van der Waals surface area contributed by atoms with Gasteiger partial charge in [-0.25, -0.2) is 8.42 Å². The van der Waals surface area contributed by atoms with Gasteiger partial charge in [-0.2, -0.15) is 0 Å². The van der Waals surface area contributed by atoms with Crippen molar-refractivity contribution < 1.29 is 18.0 Å². The average molecular weight is 591 g/mol. The van der Waals surface area contributed by atoms with Gasteiger partial charge in [0.15, 0.2) is 0 Å². The molecule has 3 aromatic rings. The Hall–Kier alpha value is -3.07. The molecule has 1 N–H and O–H groups in total. The van der Waals surface area contributed by atoms with Crippen LogP contribution in [-0.4, -0.2) is 43.8 Å². The lowest BCUT2D eigenvalue weighted by atomic mass is 10.1. The first-order valence-corrected chi connectivity index (χ1v) is 14.7. The number of carbonyl (C=O) groups excluding carboxylic acids is 2. The molecule has 1 unspecified atom stereocenters. The van der Waals surface area contributed by atoms with Gasteiger partial charge in [0, 0.05) is 22.6 Å². The number of sulfonamides is 1. The van der Waals surface area contributed by atoms with E-state index in [1.54, 1.807) is 62.4 Å². The zero-order valence-electron chi connectivity index (χ0n) is 22.6. The normalized spacial score (nSPS) is 12.2. The summed E-state index contributed by atoms with van der Waals surface area (Å²) in [7, 11) is -4.18. The minimum Gasteiger partial charge on any atom is -0.352 e. The lowest BCUT2D eigenvalue weighted by molar-refractivity contribution is -0.139. The molecule has 0 aromatic heterocycles.